The topological polar surface area (TPSA) is 109 Å². The van der Waals surface area contributed by atoms with Crippen molar-refractivity contribution in [2.45, 2.75) is 0 Å². The van der Waals surface area contributed by atoms with E-state index < -0.39 is 17.8 Å². The van der Waals surface area contributed by atoms with Crippen molar-refractivity contribution in [1.29, 1.82) is 0 Å². The molecule has 0 aromatic carbocycles. The Morgan fingerprint density at radius 3 is 2.57 bits per heavy atom. The summed E-state index contributed by atoms with van der Waals surface area (Å²) in [4.78, 5) is 31.7. The summed E-state index contributed by atoms with van der Waals surface area (Å²) in [6.07, 6.45) is 0. The van der Waals surface area contributed by atoms with Crippen LogP contribution in [-0.4, -0.2) is 22.9 Å². The predicted octanol–water partition coefficient (Wildman–Crippen LogP) is -0.130. The van der Waals surface area contributed by atoms with Gasteiger partial charge >= 0.3 is 11.9 Å². The Morgan fingerprint density at radius 2 is 2.07 bits per heavy atom. The molecule has 1 aromatic heterocycles. The minimum atomic E-state index is -1.62. The van der Waals surface area contributed by atoms with Crippen LogP contribution in [0.4, 0.5) is 5.00 Å². The summed E-state index contributed by atoms with van der Waals surface area (Å²) in [5.74, 6) is -3.53. The summed E-state index contributed by atoms with van der Waals surface area (Å²) in [7, 11) is 0. The van der Waals surface area contributed by atoms with Crippen molar-refractivity contribution < 1.29 is 19.5 Å². The lowest BCUT2D eigenvalue weighted by molar-refractivity contribution is -0.147. The molecule has 6 nitrogen and oxygen atoms in total. The van der Waals surface area contributed by atoms with Crippen molar-refractivity contribution in [2.24, 2.45) is 5.73 Å². The third-order valence-electron chi connectivity index (χ3n) is 1.35. The molecule has 0 fully saturated rings. The van der Waals surface area contributed by atoms with Crippen molar-refractivity contribution in [3.8, 4) is 0 Å². The van der Waals surface area contributed by atoms with E-state index in [1.807, 2.05) is 0 Å². The summed E-state index contributed by atoms with van der Waals surface area (Å²) < 4.78 is 0. The van der Waals surface area contributed by atoms with E-state index in [-0.39, 0.29) is 10.6 Å². The first-order chi connectivity index (χ1) is 6.52. The van der Waals surface area contributed by atoms with E-state index in [2.05, 4.69) is 5.32 Å². The summed E-state index contributed by atoms with van der Waals surface area (Å²) in [5.41, 5.74) is 5.08. The Bertz CT molecular complexity index is 398. The number of rotatable bonds is 2. The monoisotopic (exact) mass is 214 g/mol. The van der Waals surface area contributed by atoms with Gasteiger partial charge in [0.05, 0.1) is 5.56 Å². The molecule has 0 spiro atoms. The van der Waals surface area contributed by atoms with Crippen molar-refractivity contribution in [1.82, 2.24) is 0 Å². The van der Waals surface area contributed by atoms with Gasteiger partial charge in [-0.05, 0) is 11.4 Å². The zero-order valence-electron chi connectivity index (χ0n) is 6.81. The van der Waals surface area contributed by atoms with E-state index in [0.29, 0.717) is 0 Å². The van der Waals surface area contributed by atoms with Crippen LogP contribution in [0.5, 0.6) is 0 Å². The number of thiophene rings is 1. The maximum atomic E-state index is 10.8. The second-order valence-electron chi connectivity index (χ2n) is 2.29. The molecule has 0 saturated heterocycles. The van der Waals surface area contributed by atoms with Crippen LogP contribution in [0, 0.1) is 0 Å². The summed E-state index contributed by atoms with van der Waals surface area (Å²) in [6, 6.07) is 1.41. The number of carbonyl (C=O) groups excluding carboxylic acids is 2. The van der Waals surface area contributed by atoms with Gasteiger partial charge in [0, 0.05) is 0 Å². The Hall–Kier alpha value is -1.89. The first-order valence-corrected chi connectivity index (χ1v) is 4.32. The molecule has 2 amide bonds. The molecule has 74 valence electrons. The van der Waals surface area contributed by atoms with Gasteiger partial charge in [-0.3, -0.25) is 9.59 Å². The molecule has 1 heterocycles. The predicted molar refractivity (Wildman–Crippen MR) is 49.1 cm³/mol. The number of carbonyl (C=O) groups is 3. The molecule has 0 unspecified atom stereocenters. The molecule has 0 aliphatic carbocycles. The molecule has 1 aromatic rings. The normalized spacial score (nSPS) is 9.43. The quantitative estimate of drug-likeness (QED) is 0.595. The van der Waals surface area contributed by atoms with Crippen molar-refractivity contribution in [3.05, 3.63) is 17.0 Å². The molecular weight excluding hydrogens is 208 g/mol. The van der Waals surface area contributed by atoms with Gasteiger partial charge in [-0.1, -0.05) is 0 Å². The number of hydrogen-bond donors (Lipinski definition) is 3. The van der Waals surface area contributed by atoms with E-state index in [4.69, 9.17) is 10.8 Å². The fourth-order valence-electron chi connectivity index (χ4n) is 0.757. The van der Waals surface area contributed by atoms with Gasteiger partial charge in [-0.15, -0.1) is 11.3 Å². The molecule has 7 heteroatoms. The Balaban J connectivity index is 2.87. The second-order valence-corrected chi connectivity index (χ2v) is 3.20. The molecule has 0 saturated carbocycles. The number of carboxylic acids is 1. The number of aliphatic carboxylic acids is 1. The lowest BCUT2D eigenvalue weighted by atomic mass is 10.3. The molecule has 0 aliphatic rings. The first kappa shape index (κ1) is 10.2. The van der Waals surface area contributed by atoms with Crippen LogP contribution in [0.25, 0.3) is 0 Å². The van der Waals surface area contributed by atoms with Crippen molar-refractivity contribution >= 4 is 34.1 Å². The molecule has 0 aliphatic heterocycles. The lowest BCUT2D eigenvalue weighted by Crippen LogP contribution is -2.23. The fourth-order valence-corrected chi connectivity index (χ4v) is 1.54. The third kappa shape index (κ3) is 2.07. The zero-order valence-corrected chi connectivity index (χ0v) is 7.63. The van der Waals surface area contributed by atoms with Gasteiger partial charge in [-0.2, -0.15) is 0 Å². The van der Waals surface area contributed by atoms with Crippen LogP contribution in [0.15, 0.2) is 11.4 Å². The summed E-state index contributed by atoms with van der Waals surface area (Å²) >= 11 is 1.03. The van der Waals surface area contributed by atoms with Crippen LogP contribution in [-0.2, 0) is 9.59 Å². The van der Waals surface area contributed by atoms with E-state index >= 15 is 0 Å². The molecule has 0 atom stereocenters. The third-order valence-corrected chi connectivity index (χ3v) is 2.18. The highest BCUT2D eigenvalue weighted by Crippen LogP contribution is 2.22. The van der Waals surface area contributed by atoms with E-state index in [0.717, 1.165) is 11.3 Å². The minimum absolute atomic E-state index is 0.101. The summed E-state index contributed by atoms with van der Waals surface area (Å²) in [5, 5.41) is 12.0. The number of hydrogen-bond acceptors (Lipinski definition) is 4. The van der Waals surface area contributed by atoms with Crippen LogP contribution < -0.4 is 11.1 Å². The van der Waals surface area contributed by atoms with Crippen LogP contribution >= 0.6 is 11.3 Å². The largest absolute Gasteiger partial charge is 0.474 e. The van der Waals surface area contributed by atoms with Crippen LogP contribution in [0.1, 0.15) is 10.4 Å². The minimum Gasteiger partial charge on any atom is -0.474 e. The average molecular weight is 214 g/mol. The van der Waals surface area contributed by atoms with E-state index in [9.17, 15) is 14.4 Å². The zero-order chi connectivity index (χ0) is 10.7. The van der Waals surface area contributed by atoms with Gasteiger partial charge in [0.2, 0.25) is 0 Å². The van der Waals surface area contributed by atoms with Gasteiger partial charge in [0.25, 0.3) is 5.91 Å². The Labute approximate surface area is 82.3 Å². The molecular formula is C7H6N2O4S. The Morgan fingerprint density at radius 1 is 1.43 bits per heavy atom. The molecule has 0 radical (unpaired) electrons. The first-order valence-electron chi connectivity index (χ1n) is 3.44. The Kier molecular flexibility index (Phi) is 2.82. The maximum absolute atomic E-state index is 10.8. The van der Waals surface area contributed by atoms with Gasteiger partial charge < -0.3 is 16.2 Å². The number of primary amides is 1. The lowest BCUT2D eigenvalue weighted by Gasteiger charge is -1.99. The van der Waals surface area contributed by atoms with Crippen LogP contribution in [0.2, 0.25) is 0 Å². The highest BCUT2D eigenvalue weighted by molar-refractivity contribution is 7.14. The number of nitrogens with one attached hydrogen (secondary N) is 1. The van der Waals surface area contributed by atoms with Gasteiger partial charge in [0.15, 0.2) is 0 Å². The number of nitrogens with two attached hydrogens (primary N) is 1. The smallest absolute Gasteiger partial charge is 0.394 e. The molecule has 1 rings (SSSR count). The second kappa shape index (κ2) is 3.88. The number of anilines is 1. The van der Waals surface area contributed by atoms with Crippen molar-refractivity contribution in [2.75, 3.05) is 5.32 Å². The standard InChI is InChI=1S/C7H6N2O4S/c8-4(10)3-1-2-14-6(3)9-5(11)7(12)13/h1-2H,(H2,8,10)(H,9,11)(H,12,13). The highest BCUT2D eigenvalue weighted by Gasteiger charge is 2.16. The fraction of sp³-hybridized carbons (Fsp3) is 0. The summed E-state index contributed by atoms with van der Waals surface area (Å²) in [6.45, 7) is 0. The molecule has 0 bridgehead atoms. The van der Waals surface area contributed by atoms with Gasteiger partial charge in [-0.25, -0.2) is 4.79 Å². The molecule has 14 heavy (non-hydrogen) atoms. The number of amides is 2. The average Bonchev–Trinajstić information content (AvgIpc) is 2.52. The number of carboxylic acid groups (broad SMARTS) is 1. The van der Waals surface area contributed by atoms with Crippen molar-refractivity contribution in [3.63, 3.8) is 0 Å². The van der Waals surface area contributed by atoms with E-state index in [1.165, 1.54) is 11.4 Å². The van der Waals surface area contributed by atoms with E-state index in [1.54, 1.807) is 0 Å². The molecule has 4 N–H and O–H groups in total. The van der Waals surface area contributed by atoms with Crippen LogP contribution in [0.3, 0.4) is 0 Å². The van der Waals surface area contributed by atoms with Gasteiger partial charge in [0.1, 0.15) is 5.00 Å². The SMILES string of the molecule is NC(=O)c1ccsc1NC(=O)C(=O)O. The highest BCUT2D eigenvalue weighted by atomic mass is 32.1. The maximum Gasteiger partial charge on any atom is 0.394 e.